The van der Waals surface area contributed by atoms with Crippen molar-refractivity contribution in [3.63, 3.8) is 0 Å². The highest BCUT2D eigenvalue weighted by Gasteiger charge is 2.26. The quantitative estimate of drug-likeness (QED) is 0.245. The van der Waals surface area contributed by atoms with Crippen LogP contribution in [0.5, 0.6) is 5.75 Å². The number of para-hydroxylation sites is 1. The number of anilines is 1. The van der Waals surface area contributed by atoms with E-state index in [2.05, 4.69) is 26.6 Å². The summed E-state index contributed by atoms with van der Waals surface area (Å²) < 4.78 is 5.71. The molecule has 33 heavy (non-hydrogen) atoms. The Morgan fingerprint density at radius 2 is 2.00 bits per heavy atom. The van der Waals surface area contributed by atoms with Gasteiger partial charge in [-0.05, 0) is 38.8 Å². The molecule has 1 fully saturated rings. The lowest BCUT2D eigenvalue weighted by Crippen LogP contribution is -2.42. The molecule has 1 aliphatic rings. The highest BCUT2D eigenvalue weighted by atomic mass is 127. The van der Waals surface area contributed by atoms with Crippen LogP contribution in [0.15, 0.2) is 47.6 Å². The van der Waals surface area contributed by atoms with E-state index in [9.17, 15) is 4.79 Å². The number of ether oxygens (including phenoxy) is 1. The molecule has 0 radical (unpaired) electrons. The zero-order valence-electron chi connectivity index (χ0n) is 19.4. The minimum atomic E-state index is -0.237. The number of rotatable bonds is 9. The highest BCUT2D eigenvalue weighted by Crippen LogP contribution is 2.24. The SMILES string of the molecule is CCNC(=NCc1ccccc1OCC)NCc1cccnc1N1CCCC(C(N)=O)C1.I. The van der Waals surface area contributed by atoms with Crippen molar-refractivity contribution >= 4 is 41.7 Å². The molecule has 0 bridgehead atoms. The maximum Gasteiger partial charge on any atom is 0.222 e. The predicted molar refractivity (Wildman–Crippen MR) is 143 cm³/mol. The first-order chi connectivity index (χ1) is 15.6. The Bertz CT molecular complexity index is 923. The fourth-order valence-electron chi connectivity index (χ4n) is 3.87. The molecule has 8 nitrogen and oxygen atoms in total. The summed E-state index contributed by atoms with van der Waals surface area (Å²) in [5.41, 5.74) is 7.65. The number of amides is 1. The molecule has 1 aromatic heterocycles. The number of carbonyl (C=O) groups is 1. The van der Waals surface area contributed by atoms with E-state index < -0.39 is 0 Å². The normalized spacial score (nSPS) is 16.0. The largest absolute Gasteiger partial charge is 0.494 e. The van der Waals surface area contributed by atoms with E-state index in [1.54, 1.807) is 6.20 Å². The van der Waals surface area contributed by atoms with Gasteiger partial charge in [-0.3, -0.25) is 4.79 Å². The summed E-state index contributed by atoms with van der Waals surface area (Å²) in [6.07, 6.45) is 3.56. The fourth-order valence-corrected chi connectivity index (χ4v) is 3.87. The minimum absolute atomic E-state index is 0. The van der Waals surface area contributed by atoms with Crippen LogP contribution in [0.4, 0.5) is 5.82 Å². The van der Waals surface area contributed by atoms with Gasteiger partial charge in [0.05, 0.1) is 19.1 Å². The Hall–Kier alpha value is -2.56. The molecular formula is C24H35IN6O2. The molecule has 4 N–H and O–H groups in total. The predicted octanol–water partition coefficient (Wildman–Crippen LogP) is 3.06. The summed E-state index contributed by atoms with van der Waals surface area (Å²) >= 11 is 0. The molecule has 1 aromatic carbocycles. The first kappa shape index (κ1) is 26.7. The van der Waals surface area contributed by atoms with Crippen molar-refractivity contribution in [1.29, 1.82) is 0 Å². The number of benzene rings is 1. The molecule has 2 heterocycles. The van der Waals surface area contributed by atoms with E-state index in [1.807, 2.05) is 44.2 Å². The molecular weight excluding hydrogens is 531 g/mol. The standard InChI is InChI=1S/C24H34N6O2.HI/c1-3-26-24(28-15-18-9-5-6-12-21(18)32-4-2)29-16-19-10-7-13-27-23(19)30-14-8-11-20(17-30)22(25)31;/h5-7,9-10,12-13,20H,3-4,8,11,14-17H2,1-2H3,(H2,25,31)(H2,26,28,29);1H. The van der Waals surface area contributed by atoms with E-state index in [0.717, 1.165) is 54.6 Å². The Kier molecular flexibility index (Phi) is 11.2. The van der Waals surface area contributed by atoms with Gasteiger partial charge in [0, 0.05) is 43.5 Å². The molecule has 180 valence electrons. The molecule has 0 spiro atoms. The van der Waals surface area contributed by atoms with E-state index in [4.69, 9.17) is 15.5 Å². The van der Waals surface area contributed by atoms with Gasteiger partial charge in [-0.1, -0.05) is 24.3 Å². The van der Waals surface area contributed by atoms with Crippen LogP contribution in [0.3, 0.4) is 0 Å². The molecule has 1 unspecified atom stereocenters. The summed E-state index contributed by atoms with van der Waals surface area (Å²) in [4.78, 5) is 23.2. The van der Waals surface area contributed by atoms with Crippen LogP contribution < -0.4 is 26.0 Å². The maximum absolute atomic E-state index is 11.7. The Balaban J connectivity index is 0.00000385. The van der Waals surface area contributed by atoms with Gasteiger partial charge in [-0.15, -0.1) is 24.0 Å². The van der Waals surface area contributed by atoms with Crippen LogP contribution in [0.2, 0.25) is 0 Å². The summed E-state index contributed by atoms with van der Waals surface area (Å²) in [5, 5.41) is 6.71. The van der Waals surface area contributed by atoms with Crippen molar-refractivity contribution in [2.75, 3.05) is 31.1 Å². The topological polar surface area (TPSA) is 105 Å². The van der Waals surface area contributed by atoms with E-state index in [0.29, 0.717) is 26.2 Å². The Labute approximate surface area is 213 Å². The number of hydrogen-bond donors (Lipinski definition) is 3. The minimum Gasteiger partial charge on any atom is -0.494 e. The Morgan fingerprint density at radius 3 is 2.76 bits per heavy atom. The van der Waals surface area contributed by atoms with Crippen LogP contribution in [0, 0.1) is 5.92 Å². The number of hydrogen-bond acceptors (Lipinski definition) is 5. The van der Waals surface area contributed by atoms with Crippen LogP contribution in [0.1, 0.15) is 37.8 Å². The van der Waals surface area contributed by atoms with Crippen LogP contribution in [-0.4, -0.2) is 43.1 Å². The summed E-state index contributed by atoms with van der Waals surface area (Å²) in [7, 11) is 0. The number of aromatic nitrogens is 1. The summed E-state index contributed by atoms with van der Waals surface area (Å²) in [5.74, 6) is 2.11. The molecule has 0 saturated carbocycles. The average Bonchev–Trinajstić information content (AvgIpc) is 2.82. The first-order valence-electron chi connectivity index (χ1n) is 11.3. The number of piperidine rings is 1. The van der Waals surface area contributed by atoms with Crippen molar-refractivity contribution in [3.05, 3.63) is 53.7 Å². The summed E-state index contributed by atoms with van der Waals surface area (Å²) in [6, 6.07) is 11.9. The van der Waals surface area contributed by atoms with Gasteiger partial charge in [0.1, 0.15) is 11.6 Å². The lowest BCUT2D eigenvalue weighted by Gasteiger charge is -2.33. The number of primary amides is 1. The molecule has 1 aliphatic heterocycles. The second-order valence-electron chi connectivity index (χ2n) is 7.76. The Morgan fingerprint density at radius 1 is 1.21 bits per heavy atom. The van der Waals surface area contributed by atoms with Crippen molar-refractivity contribution in [1.82, 2.24) is 15.6 Å². The van der Waals surface area contributed by atoms with Gasteiger partial charge in [-0.25, -0.2) is 9.98 Å². The van der Waals surface area contributed by atoms with Crippen molar-refractivity contribution < 1.29 is 9.53 Å². The van der Waals surface area contributed by atoms with Gasteiger partial charge in [0.25, 0.3) is 0 Å². The highest BCUT2D eigenvalue weighted by molar-refractivity contribution is 14.0. The third kappa shape index (κ3) is 7.76. The zero-order chi connectivity index (χ0) is 22.8. The van der Waals surface area contributed by atoms with E-state index in [1.165, 1.54) is 0 Å². The number of nitrogens with two attached hydrogens (primary N) is 1. The van der Waals surface area contributed by atoms with E-state index in [-0.39, 0.29) is 35.8 Å². The molecule has 0 aliphatic carbocycles. The third-order valence-electron chi connectivity index (χ3n) is 5.46. The number of guanidine groups is 1. The maximum atomic E-state index is 11.7. The molecule has 1 saturated heterocycles. The number of nitrogens with one attached hydrogen (secondary N) is 2. The third-order valence-corrected chi connectivity index (χ3v) is 5.46. The first-order valence-corrected chi connectivity index (χ1v) is 11.3. The van der Waals surface area contributed by atoms with Gasteiger partial charge in [-0.2, -0.15) is 0 Å². The zero-order valence-corrected chi connectivity index (χ0v) is 21.7. The fraction of sp³-hybridized carbons (Fsp3) is 0.458. The lowest BCUT2D eigenvalue weighted by molar-refractivity contribution is -0.122. The molecule has 1 amide bonds. The van der Waals surface area contributed by atoms with E-state index >= 15 is 0 Å². The van der Waals surface area contributed by atoms with Crippen LogP contribution in [-0.2, 0) is 17.9 Å². The number of nitrogens with zero attached hydrogens (tertiary/aromatic N) is 3. The second-order valence-corrected chi connectivity index (χ2v) is 7.76. The van der Waals surface area contributed by atoms with Gasteiger partial charge in [0.2, 0.25) is 5.91 Å². The lowest BCUT2D eigenvalue weighted by atomic mass is 9.97. The summed E-state index contributed by atoms with van der Waals surface area (Å²) in [6.45, 7) is 7.96. The molecule has 3 rings (SSSR count). The van der Waals surface area contributed by atoms with Crippen molar-refractivity contribution in [3.8, 4) is 5.75 Å². The van der Waals surface area contributed by atoms with Crippen molar-refractivity contribution in [2.45, 2.75) is 39.8 Å². The number of aliphatic imine (C=N–C) groups is 1. The average molecular weight is 566 g/mol. The number of carbonyl (C=O) groups excluding carboxylic acids is 1. The molecule has 1 atom stereocenters. The van der Waals surface area contributed by atoms with Crippen LogP contribution in [0.25, 0.3) is 0 Å². The molecule has 2 aromatic rings. The monoisotopic (exact) mass is 566 g/mol. The van der Waals surface area contributed by atoms with Gasteiger partial charge >= 0.3 is 0 Å². The van der Waals surface area contributed by atoms with Crippen LogP contribution >= 0.6 is 24.0 Å². The van der Waals surface area contributed by atoms with Crippen molar-refractivity contribution in [2.24, 2.45) is 16.6 Å². The number of halogens is 1. The second kappa shape index (κ2) is 13.9. The van der Waals surface area contributed by atoms with Gasteiger partial charge < -0.3 is 26.0 Å². The van der Waals surface area contributed by atoms with Gasteiger partial charge in [0.15, 0.2) is 5.96 Å². The number of pyridine rings is 1. The smallest absolute Gasteiger partial charge is 0.222 e. The molecule has 9 heteroatoms.